The molecule has 0 amide bonds. The molecule has 0 saturated heterocycles. The Kier molecular flexibility index (Phi) is 6.03. The van der Waals surface area contributed by atoms with Gasteiger partial charge in [-0.2, -0.15) is 0 Å². The van der Waals surface area contributed by atoms with Gasteiger partial charge in [0.1, 0.15) is 0 Å². The van der Waals surface area contributed by atoms with Crippen LogP contribution in [0.2, 0.25) is 0 Å². The fraction of sp³-hybridized carbons (Fsp3) is 0.300. The minimum atomic E-state index is -0.292. The summed E-state index contributed by atoms with van der Waals surface area (Å²) in [5, 5.41) is 0. The van der Waals surface area contributed by atoms with Crippen molar-refractivity contribution in [2.75, 3.05) is 20.7 Å². The molecule has 24 heavy (non-hydrogen) atoms. The van der Waals surface area contributed by atoms with Crippen molar-refractivity contribution in [2.24, 2.45) is 0 Å². The van der Waals surface area contributed by atoms with Crippen LogP contribution < -0.4 is 4.74 Å². The van der Waals surface area contributed by atoms with Gasteiger partial charge in [-0.1, -0.05) is 36.4 Å². The fourth-order valence-corrected chi connectivity index (χ4v) is 3.60. The van der Waals surface area contributed by atoms with E-state index in [0.717, 1.165) is 24.1 Å². The molecular formula is C20H23ClFNO. The van der Waals surface area contributed by atoms with Crippen LogP contribution in [0.1, 0.15) is 22.6 Å². The molecule has 3 rings (SSSR count). The summed E-state index contributed by atoms with van der Waals surface area (Å²) in [5.41, 5.74) is 3.45. The van der Waals surface area contributed by atoms with E-state index in [9.17, 15) is 4.39 Å². The van der Waals surface area contributed by atoms with Crippen LogP contribution in [0.4, 0.5) is 4.39 Å². The van der Waals surface area contributed by atoms with E-state index in [1.54, 1.807) is 6.07 Å². The van der Waals surface area contributed by atoms with Crippen LogP contribution >= 0.6 is 12.4 Å². The number of hydrogen-bond acceptors (Lipinski definition) is 2. The maximum atomic E-state index is 14.3. The van der Waals surface area contributed by atoms with Crippen molar-refractivity contribution in [2.45, 2.75) is 18.4 Å². The van der Waals surface area contributed by atoms with E-state index in [-0.39, 0.29) is 30.2 Å². The first kappa shape index (κ1) is 18.5. The Bertz CT molecular complexity index is 704. The van der Waals surface area contributed by atoms with Crippen LogP contribution in [0.5, 0.6) is 5.75 Å². The lowest BCUT2D eigenvalue weighted by Gasteiger charge is -2.29. The van der Waals surface area contributed by atoms with Crippen LogP contribution in [0.15, 0.2) is 55.1 Å². The van der Waals surface area contributed by atoms with Gasteiger partial charge >= 0.3 is 0 Å². The summed E-state index contributed by atoms with van der Waals surface area (Å²) in [7, 11) is 3.61. The SMILES string of the molecule is C=CCN(C)[C@@H]1Cc2cc(OC)c(F)cc2[C@H]1c1ccccc1.Cl. The van der Waals surface area contributed by atoms with Crippen LogP contribution in [0.3, 0.4) is 0 Å². The molecule has 0 fully saturated rings. The Morgan fingerprint density at radius 2 is 2.00 bits per heavy atom. The number of rotatable bonds is 5. The lowest BCUT2D eigenvalue weighted by atomic mass is 9.89. The van der Waals surface area contributed by atoms with Crippen LogP contribution in [0, 0.1) is 5.82 Å². The zero-order chi connectivity index (χ0) is 16.4. The number of methoxy groups -OCH3 is 1. The van der Waals surface area contributed by atoms with Gasteiger partial charge in [-0.15, -0.1) is 19.0 Å². The smallest absolute Gasteiger partial charge is 0.165 e. The van der Waals surface area contributed by atoms with Gasteiger partial charge in [0.15, 0.2) is 11.6 Å². The molecule has 4 heteroatoms. The van der Waals surface area contributed by atoms with Gasteiger partial charge in [0.05, 0.1) is 7.11 Å². The molecule has 2 atom stereocenters. The van der Waals surface area contributed by atoms with Gasteiger partial charge in [0.25, 0.3) is 0 Å². The number of hydrogen-bond donors (Lipinski definition) is 0. The molecule has 0 spiro atoms. The predicted molar refractivity (Wildman–Crippen MR) is 98.8 cm³/mol. The Labute approximate surface area is 149 Å². The monoisotopic (exact) mass is 347 g/mol. The van der Waals surface area contributed by atoms with Crippen molar-refractivity contribution in [3.8, 4) is 5.75 Å². The number of nitrogens with zero attached hydrogens (tertiary/aromatic N) is 1. The minimum absolute atomic E-state index is 0. The highest BCUT2D eigenvalue weighted by Crippen LogP contribution is 2.42. The molecule has 0 bridgehead atoms. The van der Waals surface area contributed by atoms with Crippen molar-refractivity contribution in [1.82, 2.24) is 4.90 Å². The van der Waals surface area contributed by atoms with E-state index >= 15 is 0 Å². The summed E-state index contributed by atoms with van der Waals surface area (Å²) in [4.78, 5) is 2.29. The van der Waals surface area contributed by atoms with Crippen molar-refractivity contribution in [3.05, 3.63) is 77.6 Å². The maximum absolute atomic E-state index is 14.3. The molecule has 0 aliphatic heterocycles. The first-order valence-electron chi connectivity index (χ1n) is 7.88. The fourth-order valence-electron chi connectivity index (χ4n) is 3.60. The third kappa shape index (κ3) is 3.33. The van der Waals surface area contributed by atoms with E-state index in [4.69, 9.17) is 4.74 Å². The zero-order valence-electron chi connectivity index (χ0n) is 14.0. The Hall–Kier alpha value is -1.84. The molecule has 1 aliphatic carbocycles. The topological polar surface area (TPSA) is 12.5 Å². The van der Waals surface area contributed by atoms with Gasteiger partial charge in [-0.25, -0.2) is 4.39 Å². The Balaban J connectivity index is 0.00000208. The summed E-state index contributed by atoms with van der Waals surface area (Å²) in [6, 6.07) is 14.1. The highest BCUT2D eigenvalue weighted by Gasteiger charge is 2.36. The third-order valence-corrected chi connectivity index (χ3v) is 4.70. The molecule has 0 saturated carbocycles. The lowest BCUT2D eigenvalue weighted by molar-refractivity contribution is 0.256. The first-order chi connectivity index (χ1) is 11.2. The molecule has 0 N–H and O–H groups in total. The van der Waals surface area contributed by atoms with Gasteiger partial charge < -0.3 is 4.74 Å². The molecule has 128 valence electrons. The Morgan fingerprint density at radius 1 is 1.29 bits per heavy atom. The number of benzene rings is 2. The van der Waals surface area contributed by atoms with Gasteiger partial charge in [0.2, 0.25) is 0 Å². The van der Waals surface area contributed by atoms with Gasteiger partial charge in [0, 0.05) is 18.5 Å². The molecule has 2 nitrogen and oxygen atoms in total. The molecule has 0 unspecified atom stereocenters. The summed E-state index contributed by atoms with van der Waals surface area (Å²) >= 11 is 0. The largest absolute Gasteiger partial charge is 0.494 e. The molecule has 2 aromatic rings. The van der Waals surface area contributed by atoms with Crippen molar-refractivity contribution < 1.29 is 9.13 Å². The predicted octanol–water partition coefficient (Wildman–Crippen LogP) is 4.43. The van der Waals surface area contributed by atoms with Crippen molar-refractivity contribution >= 4 is 12.4 Å². The number of ether oxygens (including phenoxy) is 1. The van der Waals surface area contributed by atoms with Crippen LogP contribution in [0.25, 0.3) is 0 Å². The number of likely N-dealkylation sites (N-methyl/N-ethyl adjacent to an activating group) is 1. The minimum Gasteiger partial charge on any atom is -0.494 e. The van der Waals surface area contributed by atoms with E-state index in [1.165, 1.54) is 12.7 Å². The van der Waals surface area contributed by atoms with Crippen molar-refractivity contribution in [3.63, 3.8) is 0 Å². The third-order valence-electron chi connectivity index (χ3n) is 4.70. The second kappa shape index (κ2) is 7.82. The molecule has 2 aromatic carbocycles. The molecule has 0 heterocycles. The zero-order valence-corrected chi connectivity index (χ0v) is 14.9. The van der Waals surface area contributed by atoms with E-state index < -0.39 is 0 Å². The average Bonchev–Trinajstić information content (AvgIpc) is 2.93. The molecule has 0 radical (unpaired) electrons. The van der Waals surface area contributed by atoms with Crippen LogP contribution in [-0.2, 0) is 6.42 Å². The lowest BCUT2D eigenvalue weighted by Crippen LogP contribution is -2.35. The Morgan fingerprint density at radius 3 is 2.62 bits per heavy atom. The quantitative estimate of drug-likeness (QED) is 0.742. The van der Waals surface area contributed by atoms with E-state index in [1.807, 2.05) is 30.3 Å². The summed E-state index contributed by atoms with van der Waals surface area (Å²) in [6.45, 7) is 4.65. The van der Waals surface area contributed by atoms with E-state index in [0.29, 0.717) is 5.75 Å². The van der Waals surface area contributed by atoms with Gasteiger partial charge in [-0.05, 0) is 42.3 Å². The molecule has 0 aromatic heterocycles. The molecule has 1 aliphatic rings. The number of fused-ring (bicyclic) bond motifs is 1. The van der Waals surface area contributed by atoms with Crippen LogP contribution in [-0.4, -0.2) is 31.6 Å². The normalized spacial score (nSPS) is 18.8. The molecular weight excluding hydrogens is 325 g/mol. The van der Waals surface area contributed by atoms with E-state index in [2.05, 4.69) is 30.7 Å². The van der Waals surface area contributed by atoms with Crippen molar-refractivity contribution in [1.29, 1.82) is 0 Å². The average molecular weight is 348 g/mol. The second-order valence-electron chi connectivity index (χ2n) is 6.07. The summed E-state index contributed by atoms with van der Waals surface area (Å²) in [5.74, 6) is 0.193. The summed E-state index contributed by atoms with van der Waals surface area (Å²) in [6.07, 6.45) is 2.79. The highest BCUT2D eigenvalue weighted by atomic mass is 35.5. The number of halogens is 2. The summed E-state index contributed by atoms with van der Waals surface area (Å²) < 4.78 is 19.4. The highest BCUT2D eigenvalue weighted by molar-refractivity contribution is 5.85. The first-order valence-corrected chi connectivity index (χ1v) is 7.88. The second-order valence-corrected chi connectivity index (χ2v) is 6.07. The van der Waals surface area contributed by atoms with Gasteiger partial charge in [-0.3, -0.25) is 4.90 Å². The standard InChI is InChI=1S/C20H22FNO.ClH/c1-4-10-22(2)18-11-15-12-19(23-3)17(21)13-16(15)20(18)14-8-6-5-7-9-14;/h4-9,12-13,18,20H,1,10-11H2,2-3H3;1H/t18-,20-;/m1./s1. The maximum Gasteiger partial charge on any atom is 0.165 e.